The van der Waals surface area contributed by atoms with E-state index in [9.17, 15) is 4.79 Å². The first-order valence-electron chi connectivity index (χ1n) is 14.9. The van der Waals surface area contributed by atoms with Crippen molar-refractivity contribution in [2.75, 3.05) is 19.6 Å². The Kier molecular flexibility index (Phi) is 18.2. The van der Waals surface area contributed by atoms with Gasteiger partial charge in [0.1, 0.15) is 6.54 Å². The van der Waals surface area contributed by atoms with Crippen molar-refractivity contribution in [3.05, 3.63) is 12.7 Å². The lowest BCUT2D eigenvalue weighted by Gasteiger charge is -2.39. The second-order valence-corrected chi connectivity index (χ2v) is 10.6. The number of hydrogen-bond donors (Lipinski definition) is 1. The lowest BCUT2D eigenvalue weighted by atomic mass is 10.0. The van der Waals surface area contributed by atoms with E-state index in [-0.39, 0.29) is 12.1 Å². The molecule has 0 saturated heterocycles. The summed E-state index contributed by atoms with van der Waals surface area (Å²) in [6.07, 6.45) is 28.2. The molecule has 0 aliphatic carbocycles. The van der Waals surface area contributed by atoms with Crippen LogP contribution in [-0.4, -0.2) is 42.0 Å². The number of carbonyl (C=O) groups excluding carboxylic acids is 1. The van der Waals surface area contributed by atoms with Gasteiger partial charge in [-0.05, 0) is 26.2 Å². The van der Waals surface area contributed by atoms with Gasteiger partial charge < -0.3 is 5.32 Å². The van der Waals surface area contributed by atoms with E-state index in [1.54, 1.807) is 6.92 Å². The minimum Gasteiger partial charge on any atom is -0.307 e. The molecule has 0 saturated carbocycles. The van der Waals surface area contributed by atoms with E-state index in [1.165, 1.54) is 121 Å². The molecule has 1 aliphatic rings. The van der Waals surface area contributed by atoms with Gasteiger partial charge in [0.15, 0.2) is 12.0 Å². The van der Waals surface area contributed by atoms with Crippen molar-refractivity contribution in [1.29, 1.82) is 0 Å². The van der Waals surface area contributed by atoms with Gasteiger partial charge in [0.05, 0.1) is 13.1 Å². The molecule has 0 fully saturated rings. The number of aliphatic imine (C=N–C) groups is 1. The van der Waals surface area contributed by atoms with Gasteiger partial charge in [-0.25, -0.2) is 4.99 Å². The number of amidine groups is 1. The van der Waals surface area contributed by atoms with Crippen molar-refractivity contribution in [3.8, 4) is 0 Å². The number of hydrogen-bond acceptors (Lipinski definition) is 2. The van der Waals surface area contributed by atoms with Gasteiger partial charge in [-0.3, -0.25) is 9.28 Å². The van der Waals surface area contributed by atoms with E-state index in [2.05, 4.69) is 25.7 Å². The smallest absolute Gasteiger partial charge is 0.221 e. The molecule has 198 valence electrons. The monoisotopic (exact) mass is 476 g/mol. The lowest BCUT2D eigenvalue weighted by Crippen LogP contribution is -2.62. The van der Waals surface area contributed by atoms with Gasteiger partial charge in [0, 0.05) is 20.3 Å². The fourth-order valence-corrected chi connectivity index (χ4v) is 5.60. The molecular formula is C30H58N3O+. The Morgan fingerprint density at radius 1 is 0.882 bits per heavy atom. The first-order chi connectivity index (χ1) is 16.6. The van der Waals surface area contributed by atoms with Crippen LogP contribution in [0.3, 0.4) is 0 Å². The molecule has 4 heteroatoms. The molecule has 4 nitrogen and oxygen atoms in total. The Bertz CT molecular complexity index is 559. The van der Waals surface area contributed by atoms with Crippen molar-refractivity contribution in [3.63, 3.8) is 0 Å². The van der Waals surface area contributed by atoms with Gasteiger partial charge in [-0.1, -0.05) is 102 Å². The van der Waals surface area contributed by atoms with Crippen LogP contribution in [0.1, 0.15) is 143 Å². The number of likely N-dealkylation sites (N-methyl/N-ethyl adjacent to an activating group) is 1. The summed E-state index contributed by atoms with van der Waals surface area (Å²) in [5.74, 6) is 1.37. The summed E-state index contributed by atoms with van der Waals surface area (Å²) in [6.45, 7) is 12.7. The second-order valence-electron chi connectivity index (χ2n) is 10.6. The Morgan fingerprint density at radius 3 is 1.74 bits per heavy atom. The largest absolute Gasteiger partial charge is 0.307 e. The molecule has 1 rings (SSSR count). The predicted octanol–water partition coefficient (Wildman–Crippen LogP) is 8.32. The number of unbranched alkanes of at least 4 members (excludes halogenated alkanes) is 17. The third kappa shape index (κ3) is 13.1. The summed E-state index contributed by atoms with van der Waals surface area (Å²) in [5.41, 5.74) is 0. The molecule has 1 N–H and O–H groups in total. The van der Waals surface area contributed by atoms with Crippen molar-refractivity contribution >= 4 is 11.7 Å². The number of carbonyl (C=O) groups is 1. The first kappa shape index (κ1) is 30.9. The number of rotatable bonds is 23. The average molecular weight is 477 g/mol. The number of amides is 1. The summed E-state index contributed by atoms with van der Waals surface area (Å²) in [6, 6.07) is 0. The zero-order valence-electron chi connectivity index (χ0n) is 23.2. The summed E-state index contributed by atoms with van der Waals surface area (Å²) in [7, 11) is 0. The number of nitrogens with one attached hydrogen (secondary N) is 1. The van der Waals surface area contributed by atoms with E-state index in [1.807, 2.05) is 6.08 Å². The minimum absolute atomic E-state index is 0.0609. The SMILES string of the molecule is C=CCCCCCCCCCCCCCCCCCCCC1=NCC[N+]1(CC)C(C)NC(C)=O. The quantitative estimate of drug-likeness (QED) is 0.0899. The molecule has 0 aromatic rings. The summed E-state index contributed by atoms with van der Waals surface area (Å²) in [5, 5.41) is 3.12. The van der Waals surface area contributed by atoms with Crippen molar-refractivity contribution in [2.24, 2.45) is 4.99 Å². The molecule has 0 bridgehead atoms. The van der Waals surface area contributed by atoms with Crippen LogP contribution in [0, 0.1) is 0 Å². The van der Waals surface area contributed by atoms with Crippen LogP contribution in [0.5, 0.6) is 0 Å². The predicted molar refractivity (Wildman–Crippen MR) is 149 cm³/mol. The fourth-order valence-electron chi connectivity index (χ4n) is 5.60. The van der Waals surface area contributed by atoms with E-state index < -0.39 is 0 Å². The summed E-state index contributed by atoms with van der Waals surface area (Å²) in [4.78, 5) is 16.4. The molecule has 34 heavy (non-hydrogen) atoms. The van der Waals surface area contributed by atoms with Crippen LogP contribution in [-0.2, 0) is 4.79 Å². The van der Waals surface area contributed by atoms with Gasteiger partial charge in [-0.2, -0.15) is 0 Å². The minimum atomic E-state index is 0.0609. The molecule has 1 aliphatic heterocycles. The maximum absolute atomic E-state index is 11.6. The van der Waals surface area contributed by atoms with Crippen LogP contribution in [0.4, 0.5) is 0 Å². The van der Waals surface area contributed by atoms with Gasteiger partial charge in [0.25, 0.3) is 0 Å². The van der Waals surface area contributed by atoms with Crippen LogP contribution in [0.15, 0.2) is 17.6 Å². The number of allylic oxidation sites excluding steroid dienone is 1. The Morgan fingerprint density at radius 2 is 1.32 bits per heavy atom. The molecule has 0 aromatic heterocycles. The summed E-state index contributed by atoms with van der Waals surface area (Å²) >= 11 is 0. The van der Waals surface area contributed by atoms with Gasteiger partial charge in [-0.15, -0.1) is 6.58 Å². The third-order valence-corrected chi connectivity index (χ3v) is 7.83. The topological polar surface area (TPSA) is 41.5 Å². The molecule has 0 aromatic carbocycles. The molecule has 0 spiro atoms. The third-order valence-electron chi connectivity index (χ3n) is 7.83. The fraction of sp³-hybridized carbons (Fsp3) is 0.867. The van der Waals surface area contributed by atoms with E-state index in [0.717, 1.165) is 30.5 Å². The van der Waals surface area contributed by atoms with Crippen LogP contribution in [0.2, 0.25) is 0 Å². The van der Waals surface area contributed by atoms with E-state index >= 15 is 0 Å². The molecule has 1 amide bonds. The standard InChI is InChI=1S/C30H57N3O/c1-5-7-8-9-10-11-12-13-14-15-16-17-18-19-20-21-22-23-24-25-30-31-26-27-33(30,6-2)28(3)32-29(4)34/h5,28H,1,6-27H2,2-4H3/p+1. The zero-order valence-corrected chi connectivity index (χ0v) is 23.2. The van der Waals surface area contributed by atoms with Crippen molar-refractivity contribution in [2.45, 2.75) is 149 Å². The number of quaternary nitrogens is 1. The van der Waals surface area contributed by atoms with Crippen LogP contribution in [0.25, 0.3) is 0 Å². The highest BCUT2D eigenvalue weighted by atomic mass is 16.1. The Balaban J connectivity index is 1.92. The highest BCUT2D eigenvalue weighted by Crippen LogP contribution is 2.23. The van der Waals surface area contributed by atoms with Crippen molar-refractivity contribution in [1.82, 2.24) is 5.32 Å². The van der Waals surface area contributed by atoms with E-state index in [0.29, 0.717) is 0 Å². The lowest BCUT2D eigenvalue weighted by molar-refractivity contribution is -0.861. The molecule has 2 atom stereocenters. The van der Waals surface area contributed by atoms with E-state index in [4.69, 9.17) is 4.99 Å². The highest BCUT2D eigenvalue weighted by molar-refractivity contribution is 5.78. The molecule has 2 unspecified atom stereocenters. The second kappa shape index (κ2) is 20.1. The van der Waals surface area contributed by atoms with Crippen molar-refractivity contribution < 1.29 is 9.28 Å². The maximum atomic E-state index is 11.6. The highest BCUT2D eigenvalue weighted by Gasteiger charge is 2.41. The average Bonchev–Trinajstić information content (AvgIpc) is 3.24. The molecule has 0 radical (unpaired) electrons. The van der Waals surface area contributed by atoms with Crippen LogP contribution >= 0.6 is 0 Å². The normalized spacial score (nSPS) is 18.6. The Hall–Kier alpha value is -1.16. The zero-order chi connectivity index (χ0) is 24.9. The van der Waals surface area contributed by atoms with Crippen LogP contribution < -0.4 is 5.32 Å². The Labute approximate surface area is 212 Å². The first-order valence-corrected chi connectivity index (χ1v) is 14.9. The number of nitrogens with zero attached hydrogens (tertiary/aromatic N) is 2. The van der Waals surface area contributed by atoms with Gasteiger partial charge in [0.2, 0.25) is 5.91 Å². The summed E-state index contributed by atoms with van der Waals surface area (Å²) < 4.78 is 0.857. The van der Waals surface area contributed by atoms with Gasteiger partial charge >= 0.3 is 0 Å². The molecular weight excluding hydrogens is 418 g/mol. The maximum Gasteiger partial charge on any atom is 0.221 e. The molecule has 1 heterocycles.